The highest BCUT2D eigenvalue weighted by Gasteiger charge is 2.34. The standard InChI is InChI=1S/C11H17N3O4/c1-8(7-13-2-4-18-5-3-13)14-10(16)6-9(15)12-11(14)17/h8H,2-7H2,1H3,(H,12,15,17). The van der Waals surface area contributed by atoms with Crippen molar-refractivity contribution in [2.24, 2.45) is 0 Å². The summed E-state index contributed by atoms with van der Waals surface area (Å²) in [6.07, 6.45) is -0.251. The Hall–Kier alpha value is -1.47. The van der Waals surface area contributed by atoms with Gasteiger partial charge in [-0.3, -0.25) is 24.7 Å². The molecular formula is C11H17N3O4. The number of carbonyl (C=O) groups excluding carboxylic acids is 3. The third-order valence-corrected chi connectivity index (χ3v) is 3.11. The molecule has 7 nitrogen and oxygen atoms in total. The SMILES string of the molecule is CC(CN1CCOCC1)N1C(=O)CC(=O)NC1=O. The zero-order valence-corrected chi connectivity index (χ0v) is 10.3. The zero-order chi connectivity index (χ0) is 13.1. The molecule has 4 amide bonds. The molecule has 0 aromatic rings. The summed E-state index contributed by atoms with van der Waals surface area (Å²) in [5, 5.41) is 2.16. The van der Waals surface area contributed by atoms with Gasteiger partial charge >= 0.3 is 6.03 Å². The lowest BCUT2D eigenvalue weighted by molar-refractivity contribution is -0.137. The van der Waals surface area contributed by atoms with Crippen LogP contribution < -0.4 is 5.32 Å². The molecule has 0 bridgehead atoms. The predicted octanol–water partition coefficient (Wildman–Crippen LogP) is -0.824. The van der Waals surface area contributed by atoms with E-state index in [1.807, 2.05) is 6.92 Å². The molecule has 2 heterocycles. The fraction of sp³-hybridized carbons (Fsp3) is 0.727. The van der Waals surface area contributed by atoms with Crippen LogP contribution in [0.2, 0.25) is 0 Å². The summed E-state index contributed by atoms with van der Waals surface area (Å²) >= 11 is 0. The van der Waals surface area contributed by atoms with Crippen LogP contribution in [-0.4, -0.2) is 66.5 Å². The summed E-state index contributed by atoms with van der Waals surface area (Å²) in [4.78, 5) is 37.6. The summed E-state index contributed by atoms with van der Waals surface area (Å²) in [6.45, 7) is 5.36. The van der Waals surface area contributed by atoms with Crippen LogP contribution in [0.3, 0.4) is 0 Å². The molecule has 7 heteroatoms. The van der Waals surface area contributed by atoms with Crippen LogP contribution in [0.15, 0.2) is 0 Å². The summed E-state index contributed by atoms with van der Waals surface area (Å²) in [6, 6.07) is -0.860. The number of amides is 4. The lowest BCUT2D eigenvalue weighted by Gasteiger charge is -2.35. The van der Waals surface area contributed by atoms with Gasteiger partial charge in [0, 0.05) is 19.6 Å². The number of barbiturate groups is 1. The van der Waals surface area contributed by atoms with Crippen molar-refractivity contribution in [2.45, 2.75) is 19.4 Å². The number of hydrogen-bond donors (Lipinski definition) is 1. The third kappa shape index (κ3) is 2.85. The van der Waals surface area contributed by atoms with Gasteiger partial charge in [0.15, 0.2) is 0 Å². The monoisotopic (exact) mass is 255 g/mol. The molecule has 0 aliphatic carbocycles. The Balaban J connectivity index is 1.94. The minimum atomic E-state index is -0.614. The number of rotatable bonds is 3. The summed E-state index contributed by atoms with van der Waals surface area (Å²) in [5.74, 6) is -0.954. The van der Waals surface area contributed by atoms with Gasteiger partial charge in [-0.25, -0.2) is 4.79 Å². The van der Waals surface area contributed by atoms with Gasteiger partial charge in [-0.05, 0) is 6.92 Å². The van der Waals surface area contributed by atoms with Gasteiger partial charge in [-0.1, -0.05) is 0 Å². The molecule has 2 aliphatic rings. The first-order chi connectivity index (χ1) is 8.58. The van der Waals surface area contributed by atoms with Gasteiger partial charge in [0.25, 0.3) is 0 Å². The Morgan fingerprint density at radius 2 is 1.94 bits per heavy atom. The molecule has 0 aromatic carbocycles. The van der Waals surface area contributed by atoms with Crippen LogP contribution in [0, 0.1) is 0 Å². The van der Waals surface area contributed by atoms with Gasteiger partial charge in [-0.15, -0.1) is 0 Å². The lowest BCUT2D eigenvalue weighted by Crippen LogP contribution is -2.58. The van der Waals surface area contributed by atoms with Crippen molar-refractivity contribution in [2.75, 3.05) is 32.8 Å². The van der Waals surface area contributed by atoms with Gasteiger partial charge in [0.1, 0.15) is 6.42 Å². The number of nitrogens with zero attached hydrogens (tertiary/aromatic N) is 2. The molecule has 0 aromatic heterocycles. The van der Waals surface area contributed by atoms with Gasteiger partial charge in [0.05, 0.1) is 19.3 Å². The molecule has 2 saturated heterocycles. The van der Waals surface area contributed by atoms with Crippen molar-refractivity contribution in [1.29, 1.82) is 0 Å². The van der Waals surface area contributed by atoms with Crippen molar-refractivity contribution < 1.29 is 19.1 Å². The Kier molecular flexibility index (Phi) is 3.93. The fourth-order valence-electron chi connectivity index (χ4n) is 2.24. The van der Waals surface area contributed by atoms with E-state index in [2.05, 4.69) is 10.2 Å². The molecule has 18 heavy (non-hydrogen) atoms. The van der Waals surface area contributed by atoms with Crippen molar-refractivity contribution in [3.63, 3.8) is 0 Å². The van der Waals surface area contributed by atoms with E-state index in [4.69, 9.17) is 4.74 Å². The van der Waals surface area contributed by atoms with E-state index in [1.54, 1.807) is 0 Å². The van der Waals surface area contributed by atoms with Crippen molar-refractivity contribution in [3.05, 3.63) is 0 Å². The second-order valence-corrected chi connectivity index (χ2v) is 4.56. The summed E-state index contributed by atoms with van der Waals surface area (Å²) < 4.78 is 5.24. The Bertz CT molecular complexity index is 345. The highest BCUT2D eigenvalue weighted by molar-refractivity contribution is 6.14. The number of ether oxygens (including phenoxy) is 1. The fourth-order valence-corrected chi connectivity index (χ4v) is 2.24. The van der Waals surface area contributed by atoms with Crippen molar-refractivity contribution >= 4 is 17.8 Å². The maximum Gasteiger partial charge on any atom is 0.331 e. The minimum Gasteiger partial charge on any atom is -0.379 e. The minimum absolute atomic E-state index is 0.247. The van der Waals surface area contributed by atoms with Gasteiger partial charge < -0.3 is 4.74 Å². The average Bonchev–Trinajstić information content (AvgIpc) is 2.28. The van der Waals surface area contributed by atoms with Crippen LogP contribution in [0.25, 0.3) is 0 Å². The van der Waals surface area contributed by atoms with Gasteiger partial charge in [-0.2, -0.15) is 0 Å². The molecule has 0 radical (unpaired) electrons. The smallest absolute Gasteiger partial charge is 0.331 e. The molecular weight excluding hydrogens is 238 g/mol. The molecule has 0 saturated carbocycles. The van der Waals surface area contributed by atoms with E-state index in [9.17, 15) is 14.4 Å². The Morgan fingerprint density at radius 3 is 2.56 bits per heavy atom. The van der Waals surface area contributed by atoms with Crippen LogP contribution >= 0.6 is 0 Å². The number of hydrogen-bond acceptors (Lipinski definition) is 5. The maximum atomic E-state index is 11.7. The first-order valence-corrected chi connectivity index (χ1v) is 6.04. The average molecular weight is 255 g/mol. The lowest BCUT2D eigenvalue weighted by atomic mass is 10.2. The number of imide groups is 2. The highest BCUT2D eigenvalue weighted by atomic mass is 16.5. The zero-order valence-electron chi connectivity index (χ0n) is 10.3. The molecule has 1 N–H and O–H groups in total. The first-order valence-electron chi connectivity index (χ1n) is 6.04. The summed E-state index contributed by atoms with van der Waals surface area (Å²) in [7, 11) is 0. The Morgan fingerprint density at radius 1 is 1.28 bits per heavy atom. The van der Waals surface area contributed by atoms with Crippen molar-refractivity contribution in [3.8, 4) is 0 Å². The number of morpholine rings is 1. The predicted molar refractivity (Wildman–Crippen MR) is 61.7 cm³/mol. The molecule has 2 aliphatic heterocycles. The van der Waals surface area contributed by atoms with E-state index < -0.39 is 17.8 Å². The first kappa shape index (κ1) is 13.0. The molecule has 1 atom stereocenters. The van der Waals surface area contributed by atoms with Crippen LogP contribution in [0.1, 0.15) is 13.3 Å². The molecule has 2 fully saturated rings. The normalized spacial score (nSPS) is 24.1. The van der Waals surface area contributed by atoms with Crippen LogP contribution in [-0.2, 0) is 14.3 Å². The number of nitrogens with one attached hydrogen (secondary N) is 1. The molecule has 2 rings (SSSR count). The topological polar surface area (TPSA) is 79.0 Å². The van der Waals surface area contributed by atoms with Crippen LogP contribution in [0.5, 0.6) is 0 Å². The van der Waals surface area contributed by atoms with E-state index in [0.717, 1.165) is 18.0 Å². The molecule has 100 valence electrons. The largest absolute Gasteiger partial charge is 0.379 e. The van der Waals surface area contributed by atoms with E-state index in [0.29, 0.717) is 19.8 Å². The van der Waals surface area contributed by atoms with E-state index in [1.165, 1.54) is 0 Å². The second-order valence-electron chi connectivity index (χ2n) is 4.56. The Labute approximate surface area is 105 Å². The van der Waals surface area contributed by atoms with Gasteiger partial charge in [0.2, 0.25) is 11.8 Å². The third-order valence-electron chi connectivity index (χ3n) is 3.11. The highest BCUT2D eigenvalue weighted by Crippen LogP contribution is 2.10. The van der Waals surface area contributed by atoms with Crippen molar-refractivity contribution in [1.82, 2.24) is 15.1 Å². The van der Waals surface area contributed by atoms with Crippen LogP contribution in [0.4, 0.5) is 4.79 Å². The van der Waals surface area contributed by atoms with E-state index in [-0.39, 0.29) is 12.5 Å². The number of carbonyl (C=O) groups is 3. The maximum absolute atomic E-state index is 11.7. The molecule has 1 unspecified atom stereocenters. The summed E-state index contributed by atoms with van der Waals surface area (Å²) in [5.41, 5.74) is 0. The second kappa shape index (κ2) is 5.45. The molecule has 0 spiro atoms. The number of urea groups is 1. The van der Waals surface area contributed by atoms with E-state index >= 15 is 0 Å². The quantitative estimate of drug-likeness (QED) is 0.666.